The molecule has 0 bridgehead atoms. The van der Waals surface area contributed by atoms with Crippen molar-refractivity contribution in [2.45, 2.75) is 25.9 Å². The summed E-state index contributed by atoms with van der Waals surface area (Å²) in [6.45, 7) is 5.03. The van der Waals surface area contributed by atoms with Crippen molar-refractivity contribution in [2.24, 2.45) is 0 Å². The Bertz CT molecular complexity index is 468. The number of hydrogen-bond acceptors (Lipinski definition) is 3. The van der Waals surface area contributed by atoms with Crippen molar-refractivity contribution in [1.29, 1.82) is 0 Å². The minimum atomic E-state index is -0.930. The zero-order valence-corrected chi connectivity index (χ0v) is 11.3. The molecule has 2 amide bonds. The van der Waals surface area contributed by atoms with Crippen molar-refractivity contribution in [3.05, 3.63) is 29.3 Å². The predicted octanol–water partition coefficient (Wildman–Crippen LogP) is 1.58. The van der Waals surface area contributed by atoms with E-state index in [1.54, 1.807) is 0 Å². The van der Waals surface area contributed by atoms with Crippen molar-refractivity contribution in [3.63, 3.8) is 0 Å². The van der Waals surface area contributed by atoms with Gasteiger partial charge >= 0.3 is 6.03 Å². The van der Waals surface area contributed by atoms with Crippen molar-refractivity contribution >= 4 is 11.7 Å². The highest BCUT2D eigenvalue weighted by Crippen LogP contribution is 2.17. The first-order valence-electron chi connectivity index (χ1n) is 6.41. The Labute approximate surface area is 113 Å². The van der Waals surface area contributed by atoms with Gasteiger partial charge in [0.25, 0.3) is 0 Å². The number of benzene rings is 1. The van der Waals surface area contributed by atoms with Crippen LogP contribution in [0.4, 0.5) is 10.5 Å². The Kier molecular flexibility index (Phi) is 4.07. The molecule has 0 radical (unpaired) electrons. The number of anilines is 1. The summed E-state index contributed by atoms with van der Waals surface area (Å²) < 4.78 is 5.12. The first-order chi connectivity index (χ1) is 8.98. The third-order valence-corrected chi connectivity index (χ3v) is 3.43. The molecule has 1 saturated heterocycles. The molecular weight excluding hydrogens is 244 g/mol. The molecule has 19 heavy (non-hydrogen) atoms. The van der Waals surface area contributed by atoms with E-state index < -0.39 is 5.60 Å². The molecule has 2 rings (SSSR count). The lowest BCUT2D eigenvalue weighted by atomic mass is 10.0. The lowest BCUT2D eigenvalue weighted by Gasteiger charge is -2.20. The van der Waals surface area contributed by atoms with E-state index in [2.05, 4.69) is 10.6 Å². The van der Waals surface area contributed by atoms with Gasteiger partial charge in [-0.3, -0.25) is 0 Å². The molecule has 1 heterocycles. The number of rotatable bonds is 3. The molecule has 0 unspecified atom stereocenters. The van der Waals surface area contributed by atoms with E-state index in [0.717, 1.165) is 11.3 Å². The maximum atomic E-state index is 11.7. The van der Waals surface area contributed by atoms with Crippen LogP contribution in [0.15, 0.2) is 18.2 Å². The standard InChI is InChI=1S/C14H20N2O3/c1-10-3-4-12(7-11(10)2)16-13(17)15-8-14(18)5-6-19-9-14/h3-4,7,18H,5-6,8-9H2,1-2H3,(H2,15,16,17)/t14-/m0/s1. The Morgan fingerprint density at radius 2 is 2.21 bits per heavy atom. The van der Waals surface area contributed by atoms with Crippen LogP contribution in [0.25, 0.3) is 0 Å². The van der Waals surface area contributed by atoms with Gasteiger partial charge in [-0.1, -0.05) is 6.07 Å². The van der Waals surface area contributed by atoms with E-state index in [4.69, 9.17) is 4.74 Å². The molecule has 1 aromatic carbocycles. The maximum Gasteiger partial charge on any atom is 0.319 e. The predicted molar refractivity (Wildman–Crippen MR) is 73.3 cm³/mol. The number of carbonyl (C=O) groups is 1. The second-order valence-corrected chi connectivity index (χ2v) is 5.13. The average Bonchev–Trinajstić information content (AvgIpc) is 2.79. The van der Waals surface area contributed by atoms with Crippen LogP contribution >= 0.6 is 0 Å². The van der Waals surface area contributed by atoms with Crippen LogP contribution in [0.5, 0.6) is 0 Å². The van der Waals surface area contributed by atoms with Crippen LogP contribution in [0, 0.1) is 13.8 Å². The molecule has 3 N–H and O–H groups in total. The summed E-state index contributed by atoms with van der Waals surface area (Å²) in [7, 11) is 0. The number of aliphatic hydroxyl groups is 1. The minimum absolute atomic E-state index is 0.198. The fraction of sp³-hybridized carbons (Fsp3) is 0.500. The van der Waals surface area contributed by atoms with E-state index >= 15 is 0 Å². The summed E-state index contributed by atoms with van der Waals surface area (Å²) in [4.78, 5) is 11.7. The Balaban J connectivity index is 1.85. The van der Waals surface area contributed by atoms with Gasteiger partial charge in [-0.15, -0.1) is 0 Å². The quantitative estimate of drug-likeness (QED) is 0.776. The number of ether oxygens (including phenoxy) is 1. The van der Waals surface area contributed by atoms with Gasteiger partial charge in [-0.05, 0) is 37.1 Å². The van der Waals surface area contributed by atoms with Crippen LogP contribution in [0.1, 0.15) is 17.5 Å². The van der Waals surface area contributed by atoms with Gasteiger partial charge in [0, 0.05) is 18.7 Å². The minimum Gasteiger partial charge on any atom is -0.386 e. The number of urea groups is 1. The number of amides is 2. The second kappa shape index (κ2) is 5.59. The van der Waals surface area contributed by atoms with Crippen molar-refractivity contribution in [3.8, 4) is 0 Å². The molecule has 5 nitrogen and oxygen atoms in total. The second-order valence-electron chi connectivity index (χ2n) is 5.13. The lowest BCUT2D eigenvalue weighted by molar-refractivity contribution is 0.0295. The van der Waals surface area contributed by atoms with Gasteiger partial charge in [0.2, 0.25) is 0 Å². The number of nitrogens with one attached hydrogen (secondary N) is 2. The van der Waals surface area contributed by atoms with Gasteiger partial charge in [-0.2, -0.15) is 0 Å². The zero-order valence-electron chi connectivity index (χ0n) is 11.3. The van der Waals surface area contributed by atoms with E-state index in [9.17, 15) is 9.90 Å². The summed E-state index contributed by atoms with van der Waals surface area (Å²) in [5, 5.41) is 15.4. The molecule has 0 aliphatic carbocycles. The third kappa shape index (κ3) is 3.68. The molecule has 0 aromatic heterocycles. The molecule has 1 fully saturated rings. The van der Waals surface area contributed by atoms with Crippen LogP contribution in [-0.4, -0.2) is 36.5 Å². The molecule has 1 atom stereocenters. The van der Waals surface area contributed by atoms with Gasteiger partial charge < -0.3 is 20.5 Å². The van der Waals surface area contributed by atoms with Crippen molar-refractivity contribution in [2.75, 3.05) is 25.1 Å². The van der Waals surface area contributed by atoms with E-state index in [1.165, 1.54) is 5.56 Å². The lowest BCUT2D eigenvalue weighted by Crippen LogP contribution is -2.44. The number of hydrogen-bond donors (Lipinski definition) is 3. The first kappa shape index (κ1) is 13.8. The largest absolute Gasteiger partial charge is 0.386 e. The number of carbonyl (C=O) groups excluding carboxylic acids is 1. The molecule has 1 aliphatic heterocycles. The topological polar surface area (TPSA) is 70.6 Å². The number of aryl methyl sites for hydroxylation is 2. The Morgan fingerprint density at radius 3 is 2.84 bits per heavy atom. The summed E-state index contributed by atoms with van der Waals surface area (Å²) in [5.41, 5.74) is 2.12. The third-order valence-electron chi connectivity index (χ3n) is 3.43. The molecule has 1 aliphatic rings. The van der Waals surface area contributed by atoms with Gasteiger partial charge in [0.05, 0.1) is 13.2 Å². The van der Waals surface area contributed by atoms with Gasteiger partial charge in [0.1, 0.15) is 5.60 Å². The molecular formula is C14H20N2O3. The van der Waals surface area contributed by atoms with Gasteiger partial charge in [-0.25, -0.2) is 4.79 Å². The smallest absolute Gasteiger partial charge is 0.319 e. The van der Waals surface area contributed by atoms with E-state index in [1.807, 2.05) is 32.0 Å². The van der Waals surface area contributed by atoms with Gasteiger partial charge in [0.15, 0.2) is 0 Å². The van der Waals surface area contributed by atoms with Crippen LogP contribution < -0.4 is 10.6 Å². The summed E-state index contributed by atoms with van der Waals surface area (Å²) in [6, 6.07) is 5.42. The Morgan fingerprint density at radius 1 is 1.42 bits per heavy atom. The SMILES string of the molecule is Cc1ccc(NC(=O)NC[C@@]2(O)CCOC2)cc1C. The van der Waals surface area contributed by atoms with Crippen LogP contribution in [0.3, 0.4) is 0 Å². The first-order valence-corrected chi connectivity index (χ1v) is 6.41. The van der Waals surface area contributed by atoms with Crippen LogP contribution in [0.2, 0.25) is 0 Å². The zero-order chi connectivity index (χ0) is 13.9. The van der Waals surface area contributed by atoms with Crippen molar-refractivity contribution < 1.29 is 14.6 Å². The highest BCUT2D eigenvalue weighted by Gasteiger charge is 2.32. The fourth-order valence-electron chi connectivity index (χ4n) is 1.98. The molecule has 0 saturated carbocycles. The molecule has 1 aromatic rings. The summed E-state index contributed by atoms with van der Waals surface area (Å²) in [6.07, 6.45) is 0.552. The van der Waals surface area contributed by atoms with E-state index in [0.29, 0.717) is 13.0 Å². The van der Waals surface area contributed by atoms with E-state index in [-0.39, 0.29) is 19.2 Å². The average molecular weight is 264 g/mol. The maximum absolute atomic E-state index is 11.7. The fourth-order valence-corrected chi connectivity index (χ4v) is 1.98. The monoisotopic (exact) mass is 264 g/mol. The molecule has 5 heteroatoms. The Hall–Kier alpha value is -1.59. The highest BCUT2D eigenvalue weighted by molar-refractivity contribution is 5.89. The molecule has 0 spiro atoms. The summed E-state index contributed by atoms with van der Waals surface area (Å²) >= 11 is 0. The van der Waals surface area contributed by atoms with Crippen molar-refractivity contribution in [1.82, 2.24) is 5.32 Å². The van der Waals surface area contributed by atoms with Crippen LogP contribution in [-0.2, 0) is 4.74 Å². The molecule has 104 valence electrons. The normalized spacial score (nSPS) is 22.3. The summed E-state index contributed by atoms with van der Waals surface area (Å²) in [5.74, 6) is 0. The highest BCUT2D eigenvalue weighted by atomic mass is 16.5.